The minimum Gasteiger partial charge on any atom is -0.357 e. The van der Waals surface area contributed by atoms with Gasteiger partial charge in [0.25, 0.3) is 5.91 Å². The van der Waals surface area contributed by atoms with Crippen LogP contribution < -0.4 is 10.2 Å². The number of halogens is 1. The molecule has 4 rings (SSSR count). The van der Waals surface area contributed by atoms with E-state index in [0.29, 0.717) is 12.2 Å². The fraction of sp³-hybridized carbons (Fsp3) is 0.286. The molecule has 1 amide bonds. The summed E-state index contributed by atoms with van der Waals surface area (Å²) < 4.78 is 15.4. The number of amides is 1. The first-order valence-electron chi connectivity index (χ1n) is 9.47. The second kappa shape index (κ2) is 8.21. The lowest BCUT2D eigenvalue weighted by Gasteiger charge is -2.27. The molecule has 1 aliphatic heterocycles. The van der Waals surface area contributed by atoms with Gasteiger partial charge in [0, 0.05) is 38.2 Å². The minimum absolute atomic E-state index is 0.267. The van der Waals surface area contributed by atoms with E-state index >= 15 is 0 Å². The monoisotopic (exact) mass is 379 g/mol. The van der Waals surface area contributed by atoms with E-state index in [4.69, 9.17) is 0 Å². The number of imidazole rings is 1. The Hall–Kier alpha value is -3.22. The van der Waals surface area contributed by atoms with Crippen molar-refractivity contribution in [1.82, 2.24) is 19.9 Å². The van der Waals surface area contributed by atoms with Gasteiger partial charge in [0.05, 0.1) is 17.6 Å². The Morgan fingerprint density at radius 2 is 1.96 bits per heavy atom. The van der Waals surface area contributed by atoms with E-state index in [1.807, 2.05) is 12.1 Å². The first-order chi connectivity index (χ1) is 13.7. The Kier molecular flexibility index (Phi) is 5.32. The molecule has 0 atom stereocenters. The van der Waals surface area contributed by atoms with E-state index in [1.165, 1.54) is 31.4 Å². The van der Waals surface area contributed by atoms with Gasteiger partial charge in [-0.05, 0) is 55.2 Å². The van der Waals surface area contributed by atoms with Crippen molar-refractivity contribution < 1.29 is 9.18 Å². The first kappa shape index (κ1) is 18.2. The van der Waals surface area contributed by atoms with Crippen LogP contribution in [0.3, 0.4) is 0 Å². The average Bonchev–Trinajstić information content (AvgIpc) is 3.27. The number of aromatic nitrogens is 3. The number of anilines is 1. The van der Waals surface area contributed by atoms with Crippen molar-refractivity contribution in [3.05, 3.63) is 72.2 Å². The van der Waals surface area contributed by atoms with Crippen molar-refractivity contribution in [2.45, 2.75) is 25.8 Å². The van der Waals surface area contributed by atoms with Crippen molar-refractivity contribution in [2.24, 2.45) is 0 Å². The molecule has 1 N–H and O–H groups in total. The Morgan fingerprint density at radius 3 is 2.75 bits per heavy atom. The van der Waals surface area contributed by atoms with Gasteiger partial charge in [-0.3, -0.25) is 4.79 Å². The van der Waals surface area contributed by atoms with Gasteiger partial charge in [-0.2, -0.15) is 0 Å². The molecule has 0 aliphatic carbocycles. The van der Waals surface area contributed by atoms with Crippen LogP contribution in [-0.2, 0) is 6.54 Å². The van der Waals surface area contributed by atoms with Crippen LogP contribution in [0.2, 0.25) is 0 Å². The molecule has 0 spiro atoms. The number of pyridine rings is 1. The van der Waals surface area contributed by atoms with Gasteiger partial charge in [-0.1, -0.05) is 0 Å². The number of hydrogen-bond acceptors (Lipinski definition) is 4. The molecule has 1 aliphatic rings. The number of benzene rings is 1. The lowest BCUT2D eigenvalue weighted by atomic mass is 10.1. The molecule has 0 unspecified atom stereocenters. The normalized spacial score (nSPS) is 14.1. The predicted octanol–water partition coefficient (Wildman–Crippen LogP) is 3.33. The van der Waals surface area contributed by atoms with Gasteiger partial charge in [0.15, 0.2) is 0 Å². The molecule has 7 heteroatoms. The zero-order valence-corrected chi connectivity index (χ0v) is 15.5. The van der Waals surface area contributed by atoms with Crippen molar-refractivity contribution in [2.75, 3.05) is 18.0 Å². The van der Waals surface area contributed by atoms with Gasteiger partial charge >= 0.3 is 0 Å². The van der Waals surface area contributed by atoms with Gasteiger partial charge < -0.3 is 14.8 Å². The van der Waals surface area contributed by atoms with E-state index in [0.717, 1.165) is 24.5 Å². The van der Waals surface area contributed by atoms with E-state index in [2.05, 4.69) is 20.2 Å². The van der Waals surface area contributed by atoms with Crippen molar-refractivity contribution in [3.63, 3.8) is 0 Å². The Morgan fingerprint density at radius 1 is 1.11 bits per heavy atom. The number of nitrogens with one attached hydrogen (secondary N) is 1. The maximum absolute atomic E-state index is 13.8. The first-order valence-corrected chi connectivity index (χ1v) is 9.47. The topological polar surface area (TPSA) is 63.1 Å². The number of piperidine rings is 1. The van der Waals surface area contributed by atoms with Crippen LogP contribution in [0.15, 0.2) is 55.2 Å². The second-order valence-corrected chi connectivity index (χ2v) is 6.88. The molecule has 1 saturated heterocycles. The fourth-order valence-corrected chi connectivity index (χ4v) is 3.46. The molecular weight excluding hydrogens is 357 g/mol. The lowest BCUT2D eigenvalue weighted by Crippen LogP contribution is -2.30. The van der Waals surface area contributed by atoms with Crippen molar-refractivity contribution in [1.29, 1.82) is 0 Å². The summed E-state index contributed by atoms with van der Waals surface area (Å²) in [5.41, 5.74) is 1.81. The number of nitrogens with zero attached hydrogens (tertiary/aromatic N) is 4. The number of carbonyl (C=O) groups is 1. The molecule has 3 aromatic rings. The fourth-order valence-electron chi connectivity index (χ4n) is 3.46. The highest BCUT2D eigenvalue weighted by molar-refractivity contribution is 5.97. The summed E-state index contributed by atoms with van der Waals surface area (Å²) in [7, 11) is 0. The Balaban J connectivity index is 1.49. The van der Waals surface area contributed by atoms with Crippen LogP contribution in [0.4, 0.5) is 10.2 Å². The maximum atomic E-state index is 13.8. The third-order valence-electron chi connectivity index (χ3n) is 4.93. The molecule has 6 nitrogen and oxygen atoms in total. The van der Waals surface area contributed by atoms with E-state index in [1.54, 1.807) is 35.6 Å². The maximum Gasteiger partial charge on any atom is 0.253 e. The van der Waals surface area contributed by atoms with Crippen LogP contribution in [-0.4, -0.2) is 33.5 Å². The number of rotatable bonds is 5. The average molecular weight is 379 g/mol. The van der Waals surface area contributed by atoms with Crippen molar-refractivity contribution >= 4 is 11.7 Å². The molecule has 28 heavy (non-hydrogen) atoms. The van der Waals surface area contributed by atoms with Crippen LogP contribution in [0.5, 0.6) is 0 Å². The minimum atomic E-state index is -0.453. The highest BCUT2D eigenvalue weighted by atomic mass is 19.1. The standard InChI is InChI=1S/C21H22FN5O/c22-17-4-5-19(27-11-8-23-15-27)18(13-17)21(28)25-14-16-6-7-24-20(12-16)26-9-2-1-3-10-26/h4-8,11-13,15H,1-3,9-10,14H2,(H,25,28). The van der Waals surface area contributed by atoms with Crippen LogP contribution >= 0.6 is 0 Å². The molecule has 144 valence electrons. The SMILES string of the molecule is O=C(NCc1ccnc(N2CCCCC2)c1)c1cc(F)ccc1-n1ccnc1. The molecule has 3 heterocycles. The summed E-state index contributed by atoms with van der Waals surface area (Å²) in [5, 5.41) is 2.89. The molecule has 0 bridgehead atoms. The van der Waals surface area contributed by atoms with E-state index < -0.39 is 5.82 Å². The zero-order chi connectivity index (χ0) is 19.3. The van der Waals surface area contributed by atoms with E-state index in [9.17, 15) is 9.18 Å². The Bertz CT molecular complexity index is 951. The summed E-state index contributed by atoms with van der Waals surface area (Å²) in [4.78, 5) is 23.5. The van der Waals surface area contributed by atoms with E-state index in [-0.39, 0.29) is 11.5 Å². The lowest BCUT2D eigenvalue weighted by molar-refractivity contribution is 0.0950. The number of carbonyl (C=O) groups excluding carboxylic acids is 1. The van der Waals surface area contributed by atoms with Gasteiger partial charge in [-0.15, -0.1) is 0 Å². The van der Waals surface area contributed by atoms with Gasteiger partial charge in [-0.25, -0.2) is 14.4 Å². The third-order valence-corrected chi connectivity index (χ3v) is 4.93. The van der Waals surface area contributed by atoms with Crippen LogP contribution in [0.25, 0.3) is 5.69 Å². The summed E-state index contributed by atoms with van der Waals surface area (Å²) in [6.45, 7) is 2.38. The summed E-state index contributed by atoms with van der Waals surface area (Å²) in [6, 6.07) is 8.05. The summed E-state index contributed by atoms with van der Waals surface area (Å²) >= 11 is 0. The predicted molar refractivity (Wildman–Crippen MR) is 105 cm³/mol. The Labute approximate surface area is 163 Å². The zero-order valence-electron chi connectivity index (χ0n) is 15.5. The van der Waals surface area contributed by atoms with Crippen LogP contribution in [0.1, 0.15) is 35.2 Å². The van der Waals surface area contributed by atoms with Crippen LogP contribution in [0, 0.1) is 5.82 Å². The highest BCUT2D eigenvalue weighted by Crippen LogP contribution is 2.19. The summed E-state index contributed by atoms with van der Waals surface area (Å²) in [5.74, 6) is 0.154. The third kappa shape index (κ3) is 4.03. The molecule has 0 radical (unpaired) electrons. The molecule has 1 aromatic carbocycles. The number of hydrogen-bond donors (Lipinski definition) is 1. The molecule has 0 saturated carbocycles. The van der Waals surface area contributed by atoms with Gasteiger partial charge in [0.2, 0.25) is 0 Å². The molecule has 2 aromatic heterocycles. The molecular formula is C21H22FN5O. The second-order valence-electron chi connectivity index (χ2n) is 6.88. The highest BCUT2D eigenvalue weighted by Gasteiger charge is 2.15. The summed E-state index contributed by atoms with van der Waals surface area (Å²) in [6.07, 6.45) is 10.3. The quantitative estimate of drug-likeness (QED) is 0.739. The molecule has 1 fully saturated rings. The smallest absolute Gasteiger partial charge is 0.253 e. The largest absolute Gasteiger partial charge is 0.357 e. The van der Waals surface area contributed by atoms with Crippen molar-refractivity contribution in [3.8, 4) is 5.69 Å². The van der Waals surface area contributed by atoms with Gasteiger partial charge in [0.1, 0.15) is 11.6 Å².